The second-order valence-corrected chi connectivity index (χ2v) is 5.00. The Hall–Kier alpha value is -1.31. The van der Waals surface area contributed by atoms with Crippen LogP contribution in [-0.2, 0) is 11.2 Å². The van der Waals surface area contributed by atoms with Gasteiger partial charge >= 0.3 is 0 Å². The van der Waals surface area contributed by atoms with E-state index in [1.54, 1.807) is 6.92 Å². The number of aryl methyl sites for hydroxylation is 1. The molecule has 0 heterocycles. The Bertz CT molecular complexity index is 410. The molecule has 1 rings (SSSR count). The lowest BCUT2D eigenvalue weighted by atomic mass is 9.89. The van der Waals surface area contributed by atoms with E-state index in [-0.39, 0.29) is 5.78 Å². The number of rotatable bonds is 8. The lowest BCUT2D eigenvalue weighted by molar-refractivity contribution is -0.117. The molecule has 2 heteroatoms. The van der Waals surface area contributed by atoms with E-state index in [0.717, 1.165) is 25.0 Å². The second kappa shape index (κ2) is 7.98. The molecule has 1 aromatic carbocycles. The summed E-state index contributed by atoms with van der Waals surface area (Å²) in [6.45, 7) is 8.70. The molecule has 0 aliphatic carbocycles. The maximum Gasteiger partial charge on any atom is 0.129 e. The topological polar surface area (TPSA) is 26.3 Å². The highest BCUT2D eigenvalue weighted by atomic mass is 16.5. The molecule has 106 valence electrons. The molecule has 0 aliphatic rings. The van der Waals surface area contributed by atoms with Crippen LogP contribution in [0.5, 0.6) is 5.75 Å². The van der Waals surface area contributed by atoms with Crippen molar-refractivity contribution >= 4 is 5.78 Å². The second-order valence-electron chi connectivity index (χ2n) is 5.00. The molecular weight excluding hydrogens is 236 g/mol. The van der Waals surface area contributed by atoms with Crippen LogP contribution in [-0.4, -0.2) is 12.4 Å². The summed E-state index contributed by atoms with van der Waals surface area (Å²) < 4.78 is 5.74. The van der Waals surface area contributed by atoms with Crippen LogP contribution in [0.2, 0.25) is 0 Å². The van der Waals surface area contributed by atoms with Crippen LogP contribution in [0.3, 0.4) is 0 Å². The van der Waals surface area contributed by atoms with Crippen molar-refractivity contribution in [3.8, 4) is 5.75 Å². The predicted molar refractivity (Wildman–Crippen MR) is 79.9 cm³/mol. The summed E-state index contributed by atoms with van der Waals surface area (Å²) in [5.41, 5.74) is 2.60. The Morgan fingerprint density at radius 3 is 2.53 bits per heavy atom. The Labute approximate surface area is 117 Å². The minimum Gasteiger partial charge on any atom is -0.494 e. The van der Waals surface area contributed by atoms with Crippen molar-refractivity contribution < 1.29 is 9.53 Å². The molecule has 0 saturated heterocycles. The summed E-state index contributed by atoms with van der Waals surface area (Å²) in [5.74, 6) is 1.66. The molecule has 0 aromatic heterocycles. The number of carbonyl (C=O) groups is 1. The van der Waals surface area contributed by atoms with Crippen molar-refractivity contribution in [3.05, 3.63) is 29.3 Å². The molecule has 2 nitrogen and oxygen atoms in total. The summed E-state index contributed by atoms with van der Waals surface area (Å²) in [6.07, 6.45) is 3.64. The maximum atomic E-state index is 11.2. The lowest BCUT2D eigenvalue weighted by Gasteiger charge is -2.19. The van der Waals surface area contributed by atoms with Crippen LogP contribution in [0.4, 0.5) is 0 Å². The Balaban J connectivity index is 3.00. The third-order valence-corrected chi connectivity index (χ3v) is 3.56. The van der Waals surface area contributed by atoms with Crippen LogP contribution in [0.15, 0.2) is 18.2 Å². The highest BCUT2D eigenvalue weighted by molar-refractivity contribution is 5.75. The minimum absolute atomic E-state index is 0.267. The van der Waals surface area contributed by atoms with Gasteiger partial charge in [-0.05, 0) is 56.2 Å². The van der Waals surface area contributed by atoms with Crippen molar-refractivity contribution in [2.24, 2.45) is 0 Å². The molecule has 0 fully saturated rings. The van der Waals surface area contributed by atoms with Gasteiger partial charge in [0, 0.05) is 6.42 Å². The molecule has 1 atom stereocenters. The van der Waals surface area contributed by atoms with Crippen molar-refractivity contribution in [1.29, 1.82) is 0 Å². The van der Waals surface area contributed by atoms with Gasteiger partial charge in [0.25, 0.3) is 0 Å². The lowest BCUT2D eigenvalue weighted by Crippen LogP contribution is -2.05. The zero-order valence-corrected chi connectivity index (χ0v) is 12.7. The molecule has 0 saturated carbocycles. The highest BCUT2D eigenvalue weighted by Gasteiger charge is 2.16. The van der Waals surface area contributed by atoms with Crippen molar-refractivity contribution in [1.82, 2.24) is 0 Å². The van der Waals surface area contributed by atoms with E-state index in [1.807, 2.05) is 6.92 Å². The fourth-order valence-corrected chi connectivity index (χ4v) is 2.38. The Morgan fingerprint density at radius 1 is 1.26 bits per heavy atom. The van der Waals surface area contributed by atoms with Crippen LogP contribution in [0.25, 0.3) is 0 Å². The molecule has 0 aliphatic heterocycles. The van der Waals surface area contributed by atoms with Gasteiger partial charge in [-0.2, -0.15) is 0 Å². The first-order valence-corrected chi connectivity index (χ1v) is 7.37. The molecule has 0 bridgehead atoms. The number of Topliss-reactive ketones (excluding diaryl/α,β-unsaturated/α-hetero) is 1. The zero-order chi connectivity index (χ0) is 14.3. The van der Waals surface area contributed by atoms with Gasteiger partial charge in [0.2, 0.25) is 0 Å². The van der Waals surface area contributed by atoms with Crippen molar-refractivity contribution in [3.63, 3.8) is 0 Å². The standard InChI is InChI=1S/C17H26O2/c1-5-14-9-11-17(19-7-3)16(12-14)15(6-2)10-8-13(4)18/h9,11-12,15H,5-8,10H2,1-4H3. The molecule has 0 spiro atoms. The van der Waals surface area contributed by atoms with Crippen molar-refractivity contribution in [2.75, 3.05) is 6.61 Å². The van der Waals surface area contributed by atoms with E-state index >= 15 is 0 Å². The van der Waals surface area contributed by atoms with Crippen LogP contribution >= 0.6 is 0 Å². The SMILES string of the molecule is CCOc1ccc(CC)cc1C(CC)CCC(C)=O. The number of ketones is 1. The molecule has 0 N–H and O–H groups in total. The van der Waals surface area contributed by atoms with Gasteiger partial charge in [0.15, 0.2) is 0 Å². The van der Waals surface area contributed by atoms with Gasteiger partial charge in [-0.25, -0.2) is 0 Å². The first kappa shape index (κ1) is 15.7. The molecule has 1 unspecified atom stereocenters. The Kier molecular flexibility index (Phi) is 6.61. The predicted octanol–water partition coefficient (Wildman–Crippen LogP) is 4.51. The van der Waals surface area contributed by atoms with Gasteiger partial charge in [-0.1, -0.05) is 26.0 Å². The largest absolute Gasteiger partial charge is 0.494 e. The molecule has 1 aromatic rings. The molecule has 0 amide bonds. The van der Waals surface area contributed by atoms with E-state index in [4.69, 9.17) is 4.74 Å². The number of carbonyl (C=O) groups excluding carboxylic acids is 1. The fourth-order valence-electron chi connectivity index (χ4n) is 2.38. The minimum atomic E-state index is 0.267. The van der Waals surface area contributed by atoms with E-state index in [2.05, 4.69) is 32.0 Å². The van der Waals surface area contributed by atoms with Gasteiger partial charge in [-0.15, -0.1) is 0 Å². The van der Waals surface area contributed by atoms with Crippen LogP contribution in [0, 0.1) is 0 Å². The number of ether oxygens (including phenoxy) is 1. The summed E-state index contributed by atoms with van der Waals surface area (Å²) in [5, 5.41) is 0. The highest BCUT2D eigenvalue weighted by Crippen LogP contribution is 2.33. The van der Waals surface area contributed by atoms with Gasteiger partial charge < -0.3 is 9.53 Å². The molecular formula is C17H26O2. The van der Waals surface area contributed by atoms with Gasteiger partial charge in [-0.3, -0.25) is 0 Å². The normalized spacial score (nSPS) is 12.2. The fraction of sp³-hybridized carbons (Fsp3) is 0.588. The average Bonchev–Trinajstić information content (AvgIpc) is 2.41. The van der Waals surface area contributed by atoms with Gasteiger partial charge in [0.1, 0.15) is 11.5 Å². The number of benzene rings is 1. The Morgan fingerprint density at radius 2 is 2.00 bits per heavy atom. The van der Waals surface area contributed by atoms with E-state index < -0.39 is 0 Å². The first-order valence-electron chi connectivity index (χ1n) is 7.37. The van der Waals surface area contributed by atoms with Crippen LogP contribution in [0.1, 0.15) is 64.0 Å². The van der Waals surface area contributed by atoms with Gasteiger partial charge in [0.05, 0.1) is 6.61 Å². The monoisotopic (exact) mass is 262 g/mol. The smallest absolute Gasteiger partial charge is 0.129 e. The van der Waals surface area contributed by atoms with E-state index in [0.29, 0.717) is 18.9 Å². The number of hydrogen-bond donors (Lipinski definition) is 0. The summed E-state index contributed by atoms with van der Waals surface area (Å²) in [7, 11) is 0. The zero-order valence-electron chi connectivity index (χ0n) is 12.7. The summed E-state index contributed by atoms with van der Waals surface area (Å²) in [6, 6.07) is 6.46. The average molecular weight is 262 g/mol. The van der Waals surface area contributed by atoms with Crippen LogP contribution < -0.4 is 4.74 Å². The first-order chi connectivity index (χ1) is 9.12. The summed E-state index contributed by atoms with van der Waals surface area (Å²) in [4.78, 5) is 11.2. The molecule has 19 heavy (non-hydrogen) atoms. The summed E-state index contributed by atoms with van der Waals surface area (Å²) >= 11 is 0. The van der Waals surface area contributed by atoms with Crippen molar-refractivity contribution in [2.45, 2.75) is 59.3 Å². The third kappa shape index (κ3) is 4.70. The quantitative estimate of drug-likeness (QED) is 0.689. The number of hydrogen-bond acceptors (Lipinski definition) is 2. The van der Waals surface area contributed by atoms with E-state index in [1.165, 1.54) is 11.1 Å². The van der Waals surface area contributed by atoms with E-state index in [9.17, 15) is 4.79 Å². The maximum absolute atomic E-state index is 11.2. The molecule has 0 radical (unpaired) electrons. The third-order valence-electron chi connectivity index (χ3n) is 3.56.